The Kier molecular flexibility index (Phi) is 12.3. The Bertz CT molecular complexity index is 4110. The van der Waals surface area contributed by atoms with Crippen molar-refractivity contribution in [1.29, 1.82) is 0 Å². The summed E-state index contributed by atoms with van der Waals surface area (Å²) in [7, 11) is 0. The van der Waals surface area contributed by atoms with E-state index in [9.17, 15) is 0 Å². The molecule has 0 radical (unpaired) electrons. The molecule has 0 bridgehead atoms. The van der Waals surface area contributed by atoms with Crippen molar-refractivity contribution in [2.45, 2.75) is 122 Å². The second kappa shape index (κ2) is 19.4. The fraction of sp³-hybridized carbons (Fsp3) is 0.241. The van der Waals surface area contributed by atoms with Gasteiger partial charge in [0.25, 0.3) is 6.71 Å². The van der Waals surface area contributed by atoms with Crippen LogP contribution in [0.3, 0.4) is 0 Å². The molecular weight excluding hydrogens is 1000 g/mol. The molecule has 2 unspecified atom stereocenters. The van der Waals surface area contributed by atoms with Crippen molar-refractivity contribution in [1.82, 2.24) is 0 Å². The number of fused-ring (bicyclic) bond motifs is 7. The Labute approximate surface area is 494 Å². The molecule has 0 aromatic heterocycles. The molecule has 83 heavy (non-hydrogen) atoms. The molecule has 0 N–H and O–H groups in total. The number of hydrogen-bond donors (Lipinski definition) is 0. The van der Waals surface area contributed by atoms with Crippen molar-refractivity contribution in [2.24, 2.45) is 0 Å². The van der Waals surface area contributed by atoms with Crippen LogP contribution in [0, 0.1) is 0 Å². The number of benzene rings is 10. The van der Waals surface area contributed by atoms with Crippen LogP contribution in [-0.4, -0.2) is 12.3 Å². The molecule has 3 aliphatic heterocycles. The van der Waals surface area contributed by atoms with E-state index in [1.54, 1.807) is 0 Å². The quantitative estimate of drug-likeness (QED) is 0.147. The zero-order valence-electron chi connectivity index (χ0n) is 50.2. The number of anilines is 8. The highest BCUT2D eigenvalue weighted by molar-refractivity contribution is 7.00. The van der Waals surface area contributed by atoms with Gasteiger partial charge in [-0.1, -0.05) is 251 Å². The summed E-state index contributed by atoms with van der Waals surface area (Å²) in [5.74, 6) is 0. The molecule has 1 aliphatic carbocycles. The Balaban J connectivity index is 1.16. The highest BCUT2D eigenvalue weighted by Gasteiger charge is 2.61. The minimum absolute atomic E-state index is 0.0723. The molecule has 3 heterocycles. The van der Waals surface area contributed by atoms with Crippen molar-refractivity contribution >= 4 is 68.6 Å². The van der Waals surface area contributed by atoms with Crippen molar-refractivity contribution in [2.75, 3.05) is 14.7 Å². The van der Waals surface area contributed by atoms with Gasteiger partial charge in [-0.3, -0.25) is 0 Å². The molecule has 10 aromatic rings. The Morgan fingerprint density at radius 2 is 0.795 bits per heavy atom. The van der Waals surface area contributed by atoms with E-state index >= 15 is 0 Å². The molecule has 3 nitrogen and oxygen atoms in total. The molecule has 1 saturated carbocycles. The normalized spacial score (nSPS) is 18.0. The van der Waals surface area contributed by atoms with Crippen LogP contribution in [0.5, 0.6) is 0 Å². The third-order valence-electron chi connectivity index (χ3n) is 19.4. The molecular formula is C79H76BN3. The summed E-state index contributed by atoms with van der Waals surface area (Å²) >= 11 is 0. The topological polar surface area (TPSA) is 9.72 Å². The second-order valence-corrected chi connectivity index (χ2v) is 27.5. The first-order valence-corrected chi connectivity index (χ1v) is 30.4. The molecule has 10 aromatic carbocycles. The Morgan fingerprint density at radius 1 is 0.361 bits per heavy atom. The summed E-state index contributed by atoms with van der Waals surface area (Å²) in [5.41, 5.74) is 26.9. The lowest BCUT2D eigenvalue weighted by Gasteiger charge is -2.53. The molecule has 410 valence electrons. The van der Waals surface area contributed by atoms with Gasteiger partial charge >= 0.3 is 0 Å². The zero-order valence-corrected chi connectivity index (χ0v) is 50.2. The first kappa shape index (κ1) is 52.7. The average molecular weight is 1080 g/mol. The minimum atomic E-state index is -0.301. The third kappa shape index (κ3) is 8.37. The molecule has 14 rings (SSSR count). The minimum Gasteiger partial charge on any atom is -0.334 e. The standard InChI is InChI=1S/C79H76BN3/c1-75(2,3)58-38-42-67(62(48-58)54-29-17-12-18-30-54)81-70-41-37-56(53-27-15-11-16-28-53)47-65(70)80-66-50-60(77(7,8)9)40-44-71(66)82(68-43-39-59(76(4,5)6)49-63(68)55-31-19-13-20-32-55)73-52-61(51-72(81)74(73)80)83-69-36-24-23-35-64(69)79(57-33-21-14-22-34-57)46-26-25-45-78(79,83)10/h11-24,27-44,47-52H,25-26,45-46H2,1-10H3. The van der Waals surface area contributed by atoms with Crippen molar-refractivity contribution in [3.05, 3.63) is 258 Å². The molecule has 4 heteroatoms. The zero-order chi connectivity index (χ0) is 57.2. The van der Waals surface area contributed by atoms with Crippen LogP contribution in [0.25, 0.3) is 33.4 Å². The number of hydrogen-bond acceptors (Lipinski definition) is 3. The van der Waals surface area contributed by atoms with Gasteiger partial charge in [0.15, 0.2) is 0 Å². The van der Waals surface area contributed by atoms with Gasteiger partial charge in [-0.25, -0.2) is 0 Å². The first-order valence-electron chi connectivity index (χ1n) is 30.4. The van der Waals surface area contributed by atoms with E-state index in [4.69, 9.17) is 0 Å². The predicted molar refractivity (Wildman–Crippen MR) is 356 cm³/mol. The molecule has 0 spiro atoms. The molecule has 0 amide bonds. The van der Waals surface area contributed by atoms with Crippen molar-refractivity contribution in [3.63, 3.8) is 0 Å². The van der Waals surface area contributed by atoms with E-state index in [1.807, 2.05) is 0 Å². The highest BCUT2D eigenvalue weighted by atomic mass is 15.3. The maximum absolute atomic E-state index is 2.82. The van der Waals surface area contributed by atoms with E-state index in [0.29, 0.717) is 0 Å². The number of para-hydroxylation sites is 1. The molecule has 2 atom stereocenters. The SMILES string of the molecule is CC(C)(C)c1ccc2c(c1)B1c3cc(-c4ccccc4)ccc3N(c3ccc(C(C)(C)C)cc3-c3ccccc3)c3cc(N4c5ccccc5C5(c6ccccc6)CCCCC45C)cc(c31)N2c1ccc(C(C)(C)C)cc1-c1ccccc1. The lowest BCUT2D eigenvalue weighted by Crippen LogP contribution is -2.62. The summed E-state index contributed by atoms with van der Waals surface area (Å²) in [6, 6.07) is 89.0. The Morgan fingerprint density at radius 3 is 1.33 bits per heavy atom. The lowest BCUT2D eigenvalue weighted by atomic mass is 9.33. The van der Waals surface area contributed by atoms with Gasteiger partial charge in [0.1, 0.15) is 0 Å². The lowest BCUT2D eigenvalue weighted by molar-refractivity contribution is 0.215. The summed E-state index contributed by atoms with van der Waals surface area (Å²) in [6.45, 7) is 23.6. The largest absolute Gasteiger partial charge is 0.334 e. The van der Waals surface area contributed by atoms with Crippen LogP contribution in [0.4, 0.5) is 45.5 Å². The van der Waals surface area contributed by atoms with Crippen LogP contribution in [0.1, 0.15) is 123 Å². The summed E-state index contributed by atoms with van der Waals surface area (Å²) in [5, 5.41) is 0. The van der Waals surface area contributed by atoms with Crippen LogP contribution in [0.2, 0.25) is 0 Å². The van der Waals surface area contributed by atoms with Crippen molar-refractivity contribution in [3.8, 4) is 33.4 Å². The van der Waals surface area contributed by atoms with Crippen molar-refractivity contribution < 1.29 is 0 Å². The summed E-state index contributed by atoms with van der Waals surface area (Å²) in [4.78, 5) is 8.20. The van der Waals surface area contributed by atoms with Crippen LogP contribution < -0.4 is 31.1 Å². The van der Waals surface area contributed by atoms with E-state index < -0.39 is 0 Å². The van der Waals surface area contributed by atoms with Crippen LogP contribution in [-0.2, 0) is 21.7 Å². The van der Waals surface area contributed by atoms with E-state index in [2.05, 4.69) is 314 Å². The molecule has 4 aliphatic rings. The van der Waals surface area contributed by atoms with Crippen LogP contribution in [0.15, 0.2) is 231 Å². The van der Waals surface area contributed by atoms with Gasteiger partial charge in [0, 0.05) is 50.7 Å². The monoisotopic (exact) mass is 1080 g/mol. The van der Waals surface area contributed by atoms with E-state index in [-0.39, 0.29) is 33.9 Å². The molecule has 0 saturated heterocycles. The van der Waals surface area contributed by atoms with Gasteiger partial charge in [0.2, 0.25) is 0 Å². The average Bonchev–Trinajstić information content (AvgIpc) is 1.80. The summed E-state index contributed by atoms with van der Waals surface area (Å²) < 4.78 is 0. The first-order chi connectivity index (χ1) is 39.9. The smallest absolute Gasteiger partial charge is 0.252 e. The second-order valence-electron chi connectivity index (χ2n) is 27.5. The fourth-order valence-electron chi connectivity index (χ4n) is 15.1. The number of rotatable bonds is 7. The van der Waals surface area contributed by atoms with Gasteiger partial charge in [-0.05, 0) is 157 Å². The van der Waals surface area contributed by atoms with Gasteiger partial charge in [0.05, 0.1) is 16.9 Å². The van der Waals surface area contributed by atoms with E-state index in [1.165, 1.54) is 130 Å². The Hall–Kier alpha value is -8.34. The molecule has 1 fully saturated rings. The fourth-order valence-corrected chi connectivity index (χ4v) is 15.1. The predicted octanol–water partition coefficient (Wildman–Crippen LogP) is 19.4. The van der Waals surface area contributed by atoms with Gasteiger partial charge in [-0.2, -0.15) is 0 Å². The third-order valence-corrected chi connectivity index (χ3v) is 19.4. The van der Waals surface area contributed by atoms with Gasteiger partial charge < -0.3 is 14.7 Å². The van der Waals surface area contributed by atoms with E-state index in [0.717, 1.165) is 19.3 Å². The highest BCUT2D eigenvalue weighted by Crippen LogP contribution is 2.64. The number of nitrogens with zero attached hydrogens (tertiary/aromatic N) is 3. The van der Waals surface area contributed by atoms with Crippen LogP contribution >= 0.6 is 0 Å². The van der Waals surface area contributed by atoms with Gasteiger partial charge in [-0.15, -0.1) is 0 Å². The summed E-state index contributed by atoms with van der Waals surface area (Å²) in [6.07, 6.45) is 4.48. The maximum Gasteiger partial charge on any atom is 0.252 e. The maximum atomic E-state index is 2.82.